The number of carbonyl (C=O) groups is 2. The molecule has 2 rings (SSSR count). The summed E-state index contributed by atoms with van der Waals surface area (Å²) in [5.74, 6) is 1.58. The molecule has 1 aromatic heterocycles. The van der Waals surface area contributed by atoms with E-state index < -0.39 is 0 Å². The maximum Gasteiger partial charge on any atom is 0.305 e. The van der Waals surface area contributed by atoms with Crippen LogP contribution in [-0.2, 0) is 20.7 Å². The maximum absolute atomic E-state index is 11.2. The van der Waals surface area contributed by atoms with Crippen LogP contribution in [0.15, 0.2) is 36.7 Å². The van der Waals surface area contributed by atoms with Crippen LogP contribution >= 0.6 is 0 Å². The van der Waals surface area contributed by atoms with Gasteiger partial charge in [0.25, 0.3) is 0 Å². The van der Waals surface area contributed by atoms with E-state index in [2.05, 4.69) is 20.0 Å². The zero-order valence-electron chi connectivity index (χ0n) is 16.5. The van der Waals surface area contributed by atoms with Crippen LogP contribution in [0.25, 0.3) is 0 Å². The molecule has 0 saturated carbocycles. The lowest BCUT2D eigenvalue weighted by Gasteiger charge is -2.18. The summed E-state index contributed by atoms with van der Waals surface area (Å²) in [4.78, 5) is 32.7. The Morgan fingerprint density at radius 1 is 1.18 bits per heavy atom. The fourth-order valence-electron chi connectivity index (χ4n) is 2.39. The van der Waals surface area contributed by atoms with Crippen LogP contribution in [-0.4, -0.2) is 55.5 Å². The summed E-state index contributed by atoms with van der Waals surface area (Å²) in [5, 5.41) is 3.07. The molecule has 8 nitrogen and oxygen atoms in total. The molecule has 1 aromatic carbocycles. The van der Waals surface area contributed by atoms with E-state index in [9.17, 15) is 9.59 Å². The van der Waals surface area contributed by atoms with Gasteiger partial charge in [0.15, 0.2) is 5.82 Å². The Balaban J connectivity index is 1.89. The van der Waals surface area contributed by atoms with Crippen molar-refractivity contribution in [2.75, 3.05) is 38.7 Å². The molecular formula is C20H26N4O4. The van der Waals surface area contributed by atoms with E-state index in [1.165, 1.54) is 7.11 Å². The Morgan fingerprint density at radius 2 is 1.93 bits per heavy atom. The minimum atomic E-state index is -0.229. The van der Waals surface area contributed by atoms with Gasteiger partial charge >= 0.3 is 5.97 Å². The smallest absolute Gasteiger partial charge is 0.305 e. The van der Waals surface area contributed by atoms with Gasteiger partial charge in [-0.25, -0.2) is 0 Å². The number of Topliss-reactive ketones (excluding diaryl/α,β-unsaturated/α-hetero) is 1. The number of esters is 1. The molecule has 0 unspecified atom stereocenters. The number of nitrogens with zero attached hydrogens (tertiary/aromatic N) is 3. The number of aromatic nitrogens is 2. The van der Waals surface area contributed by atoms with Gasteiger partial charge in [-0.3, -0.25) is 14.6 Å². The summed E-state index contributed by atoms with van der Waals surface area (Å²) in [6.45, 7) is 3.25. The number of nitrogens with one attached hydrogen (secondary N) is 1. The van der Waals surface area contributed by atoms with Crippen molar-refractivity contribution < 1.29 is 19.1 Å². The second-order valence-electron chi connectivity index (χ2n) is 6.34. The number of carbonyl (C=O) groups excluding carboxylic acids is 2. The predicted octanol–water partition coefficient (Wildman–Crippen LogP) is 1.99. The van der Waals surface area contributed by atoms with Gasteiger partial charge in [0.05, 0.1) is 26.0 Å². The summed E-state index contributed by atoms with van der Waals surface area (Å²) in [6, 6.07) is 7.47. The van der Waals surface area contributed by atoms with Crippen LogP contribution in [0.2, 0.25) is 0 Å². The summed E-state index contributed by atoms with van der Waals surface area (Å²) in [5.41, 5.74) is 1.02. The highest BCUT2D eigenvalue weighted by atomic mass is 16.5. The fraction of sp³-hybridized carbons (Fsp3) is 0.400. The molecule has 28 heavy (non-hydrogen) atoms. The first kappa shape index (κ1) is 21.3. The van der Waals surface area contributed by atoms with Gasteiger partial charge in [0.2, 0.25) is 5.88 Å². The van der Waals surface area contributed by atoms with E-state index in [1.807, 2.05) is 36.2 Å². The predicted molar refractivity (Wildman–Crippen MR) is 106 cm³/mol. The molecule has 0 amide bonds. The SMILES string of the molecule is COC(=O)CCc1ccc(Oc2cncc(N(C)CCNCC(C)=O)n2)cc1. The van der Waals surface area contributed by atoms with E-state index in [1.54, 1.807) is 19.3 Å². The van der Waals surface area contributed by atoms with Crippen molar-refractivity contribution >= 4 is 17.6 Å². The summed E-state index contributed by atoms with van der Waals surface area (Å²) in [7, 11) is 3.29. The minimum Gasteiger partial charge on any atom is -0.469 e. The zero-order valence-corrected chi connectivity index (χ0v) is 16.5. The Morgan fingerprint density at radius 3 is 2.61 bits per heavy atom. The maximum atomic E-state index is 11.2. The third-order valence-electron chi connectivity index (χ3n) is 3.98. The van der Waals surface area contributed by atoms with E-state index >= 15 is 0 Å². The molecule has 150 valence electrons. The van der Waals surface area contributed by atoms with Crippen molar-refractivity contribution in [1.82, 2.24) is 15.3 Å². The monoisotopic (exact) mass is 386 g/mol. The number of ketones is 1. The molecule has 0 aliphatic rings. The average molecular weight is 386 g/mol. The Kier molecular flexibility index (Phi) is 8.36. The molecule has 1 heterocycles. The Labute approximate surface area is 164 Å². The quantitative estimate of drug-likeness (QED) is 0.463. The first-order chi connectivity index (χ1) is 13.5. The number of likely N-dealkylation sites (N-methyl/N-ethyl adjacent to an activating group) is 1. The molecule has 2 aromatic rings. The van der Waals surface area contributed by atoms with Crippen LogP contribution < -0.4 is 15.0 Å². The van der Waals surface area contributed by atoms with Crippen LogP contribution in [0.3, 0.4) is 0 Å². The molecule has 0 aliphatic carbocycles. The lowest BCUT2D eigenvalue weighted by Crippen LogP contribution is -2.32. The van der Waals surface area contributed by atoms with Gasteiger partial charge in [-0.05, 0) is 31.0 Å². The van der Waals surface area contributed by atoms with Crippen molar-refractivity contribution in [1.29, 1.82) is 0 Å². The van der Waals surface area contributed by atoms with Crippen LogP contribution in [0.5, 0.6) is 11.6 Å². The van der Waals surface area contributed by atoms with Gasteiger partial charge in [0, 0.05) is 26.6 Å². The Hall–Kier alpha value is -3.00. The lowest BCUT2D eigenvalue weighted by molar-refractivity contribution is -0.140. The number of hydrogen-bond donors (Lipinski definition) is 1. The number of anilines is 1. The van der Waals surface area contributed by atoms with Crippen molar-refractivity contribution in [2.45, 2.75) is 19.8 Å². The van der Waals surface area contributed by atoms with Crippen LogP contribution in [0.1, 0.15) is 18.9 Å². The number of ether oxygens (including phenoxy) is 2. The highest BCUT2D eigenvalue weighted by Gasteiger charge is 2.07. The van der Waals surface area contributed by atoms with E-state index in [0.717, 1.165) is 5.56 Å². The van der Waals surface area contributed by atoms with E-state index in [-0.39, 0.29) is 11.8 Å². The molecule has 0 atom stereocenters. The molecule has 0 fully saturated rings. The lowest BCUT2D eigenvalue weighted by atomic mass is 10.1. The van der Waals surface area contributed by atoms with Crippen LogP contribution in [0.4, 0.5) is 5.82 Å². The van der Waals surface area contributed by atoms with E-state index in [4.69, 9.17) is 4.74 Å². The first-order valence-corrected chi connectivity index (χ1v) is 9.05. The number of aryl methyl sites for hydroxylation is 1. The zero-order chi connectivity index (χ0) is 20.4. The number of benzene rings is 1. The first-order valence-electron chi connectivity index (χ1n) is 9.05. The largest absolute Gasteiger partial charge is 0.469 e. The highest BCUT2D eigenvalue weighted by molar-refractivity contribution is 5.77. The third-order valence-corrected chi connectivity index (χ3v) is 3.98. The Bertz CT molecular complexity index is 780. The van der Waals surface area contributed by atoms with Gasteiger partial charge in [-0.15, -0.1) is 0 Å². The number of methoxy groups -OCH3 is 1. The van der Waals surface area contributed by atoms with Crippen molar-refractivity contribution in [3.63, 3.8) is 0 Å². The molecule has 8 heteroatoms. The van der Waals surface area contributed by atoms with Crippen molar-refractivity contribution in [3.05, 3.63) is 42.2 Å². The van der Waals surface area contributed by atoms with E-state index in [0.29, 0.717) is 49.9 Å². The second kappa shape index (κ2) is 11.0. The minimum absolute atomic E-state index is 0.106. The standard InChI is InChI=1S/C20H26N4O4/c1-15(25)12-21-10-11-24(2)18-13-22-14-19(23-18)28-17-7-4-16(5-8-17)6-9-20(26)27-3/h4-5,7-8,13-14,21H,6,9-12H2,1-3H3. The summed E-state index contributed by atoms with van der Waals surface area (Å²) < 4.78 is 10.4. The normalized spacial score (nSPS) is 10.4. The number of hydrogen-bond acceptors (Lipinski definition) is 8. The van der Waals surface area contributed by atoms with Gasteiger partial charge in [0.1, 0.15) is 11.5 Å². The summed E-state index contributed by atoms with van der Waals surface area (Å²) in [6.07, 6.45) is 4.17. The summed E-state index contributed by atoms with van der Waals surface area (Å²) >= 11 is 0. The van der Waals surface area contributed by atoms with Gasteiger partial charge in [-0.1, -0.05) is 12.1 Å². The molecule has 0 saturated heterocycles. The van der Waals surface area contributed by atoms with Crippen LogP contribution in [0, 0.1) is 0 Å². The molecule has 0 radical (unpaired) electrons. The van der Waals surface area contributed by atoms with Crippen molar-refractivity contribution in [2.24, 2.45) is 0 Å². The molecule has 0 aliphatic heterocycles. The van der Waals surface area contributed by atoms with Gasteiger partial charge < -0.3 is 19.7 Å². The molecule has 0 bridgehead atoms. The van der Waals surface area contributed by atoms with Crippen molar-refractivity contribution in [3.8, 4) is 11.6 Å². The molecule has 0 spiro atoms. The number of rotatable bonds is 11. The van der Waals surface area contributed by atoms with Gasteiger partial charge in [-0.2, -0.15) is 4.98 Å². The fourth-order valence-corrected chi connectivity index (χ4v) is 2.39. The molecular weight excluding hydrogens is 360 g/mol. The molecule has 1 N–H and O–H groups in total. The average Bonchev–Trinajstić information content (AvgIpc) is 2.70. The highest BCUT2D eigenvalue weighted by Crippen LogP contribution is 2.21. The topological polar surface area (TPSA) is 93.7 Å². The third kappa shape index (κ3) is 7.32. The second-order valence-corrected chi connectivity index (χ2v) is 6.34.